The van der Waals surface area contributed by atoms with Crippen LogP contribution in [0.15, 0.2) is 0 Å². The molecule has 1 saturated heterocycles. The average molecular weight is 270 g/mol. The van der Waals surface area contributed by atoms with E-state index in [-0.39, 0.29) is 12.7 Å². The number of hydrogen-bond donors (Lipinski definition) is 2. The first-order valence-electron chi connectivity index (χ1n) is 7.69. The van der Waals surface area contributed by atoms with Gasteiger partial charge in [-0.2, -0.15) is 0 Å². The molecule has 0 aromatic carbocycles. The highest BCUT2D eigenvalue weighted by molar-refractivity contribution is 4.94. The van der Waals surface area contributed by atoms with Gasteiger partial charge in [0.15, 0.2) is 0 Å². The van der Waals surface area contributed by atoms with E-state index in [2.05, 4.69) is 31.1 Å². The highest BCUT2D eigenvalue weighted by Crippen LogP contribution is 2.39. The smallest absolute Gasteiger partial charge is 0.0932 e. The summed E-state index contributed by atoms with van der Waals surface area (Å²) < 4.78 is 5.53. The topological polar surface area (TPSA) is 44.7 Å². The Morgan fingerprint density at radius 2 is 2.21 bits per heavy atom. The van der Waals surface area contributed by atoms with E-state index in [1.54, 1.807) is 0 Å². The number of morpholine rings is 1. The molecule has 1 saturated carbocycles. The van der Waals surface area contributed by atoms with Crippen molar-refractivity contribution in [2.24, 2.45) is 11.3 Å². The first-order valence-corrected chi connectivity index (χ1v) is 7.69. The summed E-state index contributed by atoms with van der Waals surface area (Å²) in [4.78, 5) is 2.47. The number of ether oxygens (including phenoxy) is 1. The molecule has 1 aliphatic heterocycles. The molecule has 112 valence electrons. The third-order valence-corrected chi connectivity index (χ3v) is 4.94. The maximum absolute atomic E-state index is 9.23. The van der Waals surface area contributed by atoms with E-state index in [4.69, 9.17) is 4.74 Å². The Morgan fingerprint density at radius 1 is 1.42 bits per heavy atom. The Labute approximate surface area is 117 Å². The highest BCUT2D eigenvalue weighted by atomic mass is 16.5. The van der Waals surface area contributed by atoms with Crippen molar-refractivity contribution >= 4 is 0 Å². The highest BCUT2D eigenvalue weighted by Gasteiger charge is 2.38. The second-order valence-corrected chi connectivity index (χ2v) is 6.84. The van der Waals surface area contributed by atoms with Crippen LogP contribution in [0.5, 0.6) is 0 Å². The number of hydrogen-bond acceptors (Lipinski definition) is 4. The predicted molar refractivity (Wildman–Crippen MR) is 77.2 cm³/mol. The van der Waals surface area contributed by atoms with E-state index in [1.165, 1.54) is 19.3 Å². The Balaban J connectivity index is 1.93. The fraction of sp³-hybridized carbons (Fsp3) is 1.00. The van der Waals surface area contributed by atoms with Gasteiger partial charge >= 0.3 is 0 Å². The normalized spacial score (nSPS) is 36.3. The number of aliphatic hydroxyl groups is 1. The van der Waals surface area contributed by atoms with Crippen LogP contribution in [0, 0.1) is 11.3 Å². The van der Waals surface area contributed by atoms with Crippen LogP contribution in [-0.4, -0.2) is 62.0 Å². The molecule has 3 atom stereocenters. The molecule has 19 heavy (non-hydrogen) atoms. The van der Waals surface area contributed by atoms with Crippen LogP contribution in [0.2, 0.25) is 0 Å². The van der Waals surface area contributed by atoms with Gasteiger partial charge in [-0.3, -0.25) is 4.90 Å². The quantitative estimate of drug-likeness (QED) is 0.803. The van der Waals surface area contributed by atoms with E-state index in [1.807, 2.05) is 0 Å². The lowest BCUT2D eigenvalue weighted by molar-refractivity contribution is -0.0611. The largest absolute Gasteiger partial charge is 0.394 e. The van der Waals surface area contributed by atoms with Gasteiger partial charge in [-0.15, -0.1) is 0 Å². The molecule has 0 radical (unpaired) electrons. The summed E-state index contributed by atoms with van der Waals surface area (Å²) in [5.41, 5.74) is 0.389. The minimum atomic E-state index is 0.0124. The molecular formula is C15H30N2O2. The molecule has 0 aromatic heterocycles. The third-order valence-electron chi connectivity index (χ3n) is 4.94. The van der Waals surface area contributed by atoms with Crippen molar-refractivity contribution < 1.29 is 9.84 Å². The summed E-state index contributed by atoms with van der Waals surface area (Å²) in [5.74, 6) is 0.714. The zero-order valence-corrected chi connectivity index (χ0v) is 12.7. The van der Waals surface area contributed by atoms with Gasteiger partial charge in [0.1, 0.15) is 0 Å². The zero-order valence-electron chi connectivity index (χ0n) is 12.7. The lowest BCUT2D eigenvalue weighted by Crippen LogP contribution is -2.54. The van der Waals surface area contributed by atoms with Crippen molar-refractivity contribution in [3.05, 3.63) is 0 Å². The molecule has 3 unspecified atom stereocenters. The second kappa shape index (κ2) is 6.53. The Bertz CT molecular complexity index is 283. The minimum absolute atomic E-state index is 0.0124. The van der Waals surface area contributed by atoms with E-state index in [0.717, 1.165) is 26.2 Å². The zero-order chi connectivity index (χ0) is 13.9. The maximum Gasteiger partial charge on any atom is 0.0932 e. The van der Waals surface area contributed by atoms with Crippen LogP contribution in [0.25, 0.3) is 0 Å². The second-order valence-electron chi connectivity index (χ2n) is 6.84. The van der Waals surface area contributed by atoms with Gasteiger partial charge in [0.05, 0.1) is 19.3 Å². The minimum Gasteiger partial charge on any atom is -0.394 e. The van der Waals surface area contributed by atoms with Gasteiger partial charge in [-0.05, 0) is 31.2 Å². The summed E-state index contributed by atoms with van der Waals surface area (Å²) in [6.07, 6.45) is 3.98. The van der Waals surface area contributed by atoms with E-state index in [9.17, 15) is 5.11 Å². The van der Waals surface area contributed by atoms with E-state index in [0.29, 0.717) is 17.4 Å². The summed E-state index contributed by atoms with van der Waals surface area (Å²) in [7, 11) is 2.10. The Hall–Kier alpha value is -0.160. The number of aliphatic hydroxyl groups excluding tert-OH is 1. The molecule has 2 rings (SSSR count). The standard InChI is InChI=1S/C15H30N2O2/c1-15(2)6-4-5-12(14(15)16-3)9-17-7-8-19-13(10-17)11-18/h12-14,16,18H,4-11H2,1-3H3. The van der Waals surface area contributed by atoms with Crippen LogP contribution < -0.4 is 5.32 Å². The Kier molecular flexibility index (Phi) is 5.23. The van der Waals surface area contributed by atoms with Crippen LogP contribution >= 0.6 is 0 Å². The fourth-order valence-electron chi connectivity index (χ4n) is 3.99. The number of nitrogens with one attached hydrogen (secondary N) is 1. The van der Waals surface area contributed by atoms with Gasteiger partial charge < -0.3 is 15.2 Å². The van der Waals surface area contributed by atoms with Gasteiger partial charge in [-0.25, -0.2) is 0 Å². The van der Waals surface area contributed by atoms with Crippen molar-refractivity contribution in [2.75, 3.05) is 39.9 Å². The Morgan fingerprint density at radius 3 is 2.89 bits per heavy atom. The van der Waals surface area contributed by atoms with Gasteiger partial charge in [0.2, 0.25) is 0 Å². The molecule has 0 spiro atoms. The summed E-state index contributed by atoms with van der Waals surface area (Å²) in [5, 5.41) is 12.8. The van der Waals surface area contributed by atoms with E-state index < -0.39 is 0 Å². The first-order chi connectivity index (χ1) is 9.06. The molecule has 0 amide bonds. The lowest BCUT2D eigenvalue weighted by atomic mass is 9.68. The molecule has 1 heterocycles. The van der Waals surface area contributed by atoms with Gasteiger partial charge in [0.25, 0.3) is 0 Å². The van der Waals surface area contributed by atoms with Crippen molar-refractivity contribution in [2.45, 2.75) is 45.3 Å². The van der Waals surface area contributed by atoms with Crippen LogP contribution in [0.1, 0.15) is 33.1 Å². The number of nitrogens with zero attached hydrogens (tertiary/aromatic N) is 1. The lowest BCUT2D eigenvalue weighted by Gasteiger charge is -2.46. The molecule has 4 heteroatoms. The van der Waals surface area contributed by atoms with Crippen molar-refractivity contribution in [1.29, 1.82) is 0 Å². The summed E-state index contributed by atoms with van der Waals surface area (Å²) in [6, 6.07) is 0.594. The number of rotatable bonds is 4. The average Bonchev–Trinajstić information content (AvgIpc) is 2.38. The molecule has 2 N–H and O–H groups in total. The van der Waals surface area contributed by atoms with Crippen LogP contribution in [0.4, 0.5) is 0 Å². The molecule has 2 fully saturated rings. The summed E-state index contributed by atoms with van der Waals surface area (Å²) in [6.45, 7) is 8.68. The molecule has 1 aliphatic carbocycles. The van der Waals surface area contributed by atoms with Gasteiger partial charge in [-0.1, -0.05) is 20.3 Å². The predicted octanol–water partition coefficient (Wildman–Crippen LogP) is 1.09. The van der Waals surface area contributed by atoms with Crippen molar-refractivity contribution in [1.82, 2.24) is 10.2 Å². The van der Waals surface area contributed by atoms with Crippen molar-refractivity contribution in [3.8, 4) is 0 Å². The molecule has 0 bridgehead atoms. The van der Waals surface area contributed by atoms with Crippen LogP contribution in [-0.2, 0) is 4.74 Å². The van der Waals surface area contributed by atoms with E-state index >= 15 is 0 Å². The van der Waals surface area contributed by atoms with Crippen LogP contribution in [0.3, 0.4) is 0 Å². The first kappa shape index (κ1) is 15.2. The fourth-order valence-corrected chi connectivity index (χ4v) is 3.99. The van der Waals surface area contributed by atoms with Crippen molar-refractivity contribution in [3.63, 3.8) is 0 Å². The molecule has 2 aliphatic rings. The molecular weight excluding hydrogens is 240 g/mol. The summed E-state index contributed by atoms with van der Waals surface area (Å²) >= 11 is 0. The monoisotopic (exact) mass is 270 g/mol. The SMILES string of the molecule is CNC1C(CN2CCOC(CO)C2)CCCC1(C)C. The molecule has 0 aromatic rings. The van der Waals surface area contributed by atoms with Gasteiger partial charge in [0, 0.05) is 25.7 Å². The third kappa shape index (κ3) is 3.69. The molecule has 4 nitrogen and oxygen atoms in total. The maximum atomic E-state index is 9.23.